The number of para-hydroxylation sites is 1. The van der Waals surface area contributed by atoms with E-state index in [0.29, 0.717) is 12.1 Å². The zero-order chi connectivity index (χ0) is 20.2. The van der Waals surface area contributed by atoms with Gasteiger partial charge in [0.25, 0.3) is 0 Å². The van der Waals surface area contributed by atoms with Crippen molar-refractivity contribution in [2.75, 3.05) is 5.32 Å². The van der Waals surface area contributed by atoms with E-state index in [9.17, 15) is 9.18 Å². The lowest BCUT2D eigenvalue weighted by Gasteiger charge is -2.49. The monoisotopic (exact) mass is 395 g/mol. The molecule has 4 rings (SSSR count). The van der Waals surface area contributed by atoms with Crippen molar-refractivity contribution in [3.8, 4) is 0 Å². The number of halogens is 1. The van der Waals surface area contributed by atoms with Gasteiger partial charge in [-0.15, -0.1) is 0 Å². The van der Waals surface area contributed by atoms with E-state index in [0.717, 1.165) is 55.5 Å². The van der Waals surface area contributed by atoms with E-state index in [1.54, 1.807) is 0 Å². The summed E-state index contributed by atoms with van der Waals surface area (Å²) in [5.41, 5.74) is 3.19. The summed E-state index contributed by atoms with van der Waals surface area (Å²) in [5.74, 6) is -0.187. The van der Waals surface area contributed by atoms with Crippen LogP contribution >= 0.6 is 0 Å². The predicted octanol–water partition coefficient (Wildman–Crippen LogP) is 5.10. The van der Waals surface area contributed by atoms with Gasteiger partial charge in [0.2, 0.25) is 0 Å². The summed E-state index contributed by atoms with van der Waals surface area (Å²) in [4.78, 5) is 15.2. The van der Waals surface area contributed by atoms with Gasteiger partial charge in [0.15, 0.2) is 0 Å². The zero-order valence-corrected chi connectivity index (χ0v) is 17.0. The number of urea groups is 1. The Hall–Kier alpha value is -2.40. The number of amides is 2. The number of aryl methyl sites for hydroxylation is 1. The van der Waals surface area contributed by atoms with Gasteiger partial charge in [-0.05, 0) is 61.4 Å². The number of rotatable bonds is 5. The number of hydrogen-bond acceptors (Lipinski definition) is 2. The number of hydrogen-bond donors (Lipinski definition) is 2. The van der Waals surface area contributed by atoms with Crippen LogP contribution in [0.15, 0.2) is 48.5 Å². The number of benzene rings is 2. The lowest BCUT2D eigenvalue weighted by atomic mass is 9.81. The Morgan fingerprint density at radius 3 is 2.45 bits per heavy atom. The van der Waals surface area contributed by atoms with Gasteiger partial charge in [-0.1, -0.05) is 43.7 Å². The number of piperidine rings is 2. The number of anilines is 1. The van der Waals surface area contributed by atoms with Gasteiger partial charge in [-0.2, -0.15) is 0 Å². The predicted molar refractivity (Wildman–Crippen MR) is 114 cm³/mol. The third-order valence-electron chi connectivity index (χ3n) is 6.39. The molecular weight excluding hydrogens is 365 g/mol. The van der Waals surface area contributed by atoms with Crippen molar-refractivity contribution in [3.05, 3.63) is 65.5 Å². The average Bonchev–Trinajstić information content (AvgIpc) is 2.70. The van der Waals surface area contributed by atoms with E-state index < -0.39 is 0 Å². The zero-order valence-electron chi connectivity index (χ0n) is 17.0. The maximum Gasteiger partial charge on any atom is 0.319 e. The molecule has 2 saturated heterocycles. The van der Waals surface area contributed by atoms with Gasteiger partial charge in [-0.25, -0.2) is 9.18 Å². The first-order chi connectivity index (χ1) is 14.1. The van der Waals surface area contributed by atoms with Crippen molar-refractivity contribution in [1.29, 1.82) is 0 Å². The van der Waals surface area contributed by atoms with Crippen molar-refractivity contribution >= 4 is 11.7 Å². The summed E-state index contributed by atoms with van der Waals surface area (Å²) >= 11 is 0. The molecule has 2 N–H and O–H groups in total. The van der Waals surface area contributed by atoms with Crippen LogP contribution in [-0.2, 0) is 13.0 Å². The Bertz CT molecular complexity index is 824. The fourth-order valence-corrected chi connectivity index (χ4v) is 4.95. The largest absolute Gasteiger partial charge is 0.335 e. The van der Waals surface area contributed by atoms with Crippen molar-refractivity contribution in [2.45, 2.75) is 70.1 Å². The van der Waals surface area contributed by atoms with E-state index in [1.807, 2.05) is 36.4 Å². The highest BCUT2D eigenvalue weighted by molar-refractivity contribution is 5.90. The standard InChI is InChI=1S/C24H30FN3O/c1-2-18-6-3-4-9-23(18)27-24(29)26-20-14-21-7-5-8-22(15-20)28(21)16-17-10-12-19(25)13-11-17/h3-4,6,9-13,20-22H,2,5,7-8,14-16H2,1H3,(H2,26,27,29). The number of carbonyl (C=O) groups is 1. The van der Waals surface area contributed by atoms with Crippen LogP contribution in [0.5, 0.6) is 0 Å². The summed E-state index contributed by atoms with van der Waals surface area (Å²) in [6, 6.07) is 15.8. The molecule has 0 aliphatic carbocycles. The molecule has 2 heterocycles. The third kappa shape index (κ3) is 4.78. The maximum absolute atomic E-state index is 13.2. The molecule has 2 unspecified atom stereocenters. The van der Waals surface area contributed by atoms with Crippen LogP contribution in [-0.4, -0.2) is 29.1 Å². The van der Waals surface area contributed by atoms with E-state index in [1.165, 1.54) is 18.6 Å². The number of fused-ring (bicyclic) bond motifs is 2. The van der Waals surface area contributed by atoms with Crippen LogP contribution in [0.2, 0.25) is 0 Å². The second-order valence-electron chi connectivity index (χ2n) is 8.31. The summed E-state index contributed by atoms with van der Waals surface area (Å²) in [7, 11) is 0. The quantitative estimate of drug-likeness (QED) is 0.740. The Morgan fingerprint density at radius 2 is 1.76 bits per heavy atom. The molecule has 29 heavy (non-hydrogen) atoms. The normalized spacial score (nSPS) is 24.1. The van der Waals surface area contributed by atoms with Gasteiger partial charge in [0.05, 0.1) is 0 Å². The van der Waals surface area contributed by atoms with E-state index in [2.05, 4.69) is 22.5 Å². The Kier molecular flexibility index (Phi) is 6.14. The first kappa shape index (κ1) is 19.9. The van der Waals surface area contributed by atoms with Crippen LogP contribution in [0.4, 0.5) is 14.9 Å². The molecule has 4 nitrogen and oxygen atoms in total. The molecule has 154 valence electrons. The van der Waals surface area contributed by atoms with Crippen LogP contribution in [0.3, 0.4) is 0 Å². The van der Waals surface area contributed by atoms with E-state index in [4.69, 9.17) is 0 Å². The number of nitrogens with zero attached hydrogens (tertiary/aromatic N) is 1. The Morgan fingerprint density at radius 1 is 1.07 bits per heavy atom. The summed E-state index contributed by atoms with van der Waals surface area (Å²) in [6.07, 6.45) is 6.41. The first-order valence-electron chi connectivity index (χ1n) is 10.8. The number of carbonyl (C=O) groups excluding carboxylic acids is 1. The second-order valence-corrected chi connectivity index (χ2v) is 8.31. The maximum atomic E-state index is 13.2. The summed E-state index contributed by atoms with van der Waals surface area (Å²) in [6.45, 7) is 2.95. The fourth-order valence-electron chi connectivity index (χ4n) is 4.95. The molecule has 2 fully saturated rings. The molecule has 2 aliphatic heterocycles. The minimum absolute atomic E-state index is 0.110. The molecule has 2 bridgehead atoms. The Labute approximate surface area is 172 Å². The van der Waals surface area contributed by atoms with Crippen molar-refractivity contribution in [1.82, 2.24) is 10.2 Å². The van der Waals surface area contributed by atoms with E-state index in [-0.39, 0.29) is 17.9 Å². The molecule has 2 aromatic rings. The molecule has 0 aromatic heterocycles. The minimum atomic E-state index is -0.187. The average molecular weight is 396 g/mol. The molecule has 5 heteroatoms. The van der Waals surface area contributed by atoms with Gasteiger partial charge in [-0.3, -0.25) is 4.90 Å². The molecule has 0 radical (unpaired) electrons. The summed E-state index contributed by atoms with van der Waals surface area (Å²) in [5, 5.41) is 6.24. The van der Waals surface area contributed by atoms with Crippen LogP contribution in [0, 0.1) is 5.82 Å². The summed E-state index contributed by atoms with van der Waals surface area (Å²) < 4.78 is 13.2. The van der Waals surface area contributed by atoms with Gasteiger partial charge >= 0.3 is 6.03 Å². The molecule has 0 saturated carbocycles. The lowest BCUT2D eigenvalue weighted by molar-refractivity contribution is 0.0200. The third-order valence-corrected chi connectivity index (χ3v) is 6.39. The highest BCUT2D eigenvalue weighted by Gasteiger charge is 2.38. The Balaban J connectivity index is 1.36. The molecular formula is C24H30FN3O. The first-order valence-corrected chi connectivity index (χ1v) is 10.8. The van der Waals surface area contributed by atoms with Crippen molar-refractivity contribution in [3.63, 3.8) is 0 Å². The van der Waals surface area contributed by atoms with Gasteiger partial charge in [0.1, 0.15) is 5.82 Å². The van der Waals surface area contributed by atoms with Gasteiger partial charge in [0, 0.05) is 30.4 Å². The van der Waals surface area contributed by atoms with Crippen molar-refractivity contribution < 1.29 is 9.18 Å². The van der Waals surface area contributed by atoms with Crippen molar-refractivity contribution in [2.24, 2.45) is 0 Å². The van der Waals surface area contributed by atoms with Crippen LogP contribution in [0.25, 0.3) is 0 Å². The van der Waals surface area contributed by atoms with Crippen LogP contribution < -0.4 is 10.6 Å². The number of nitrogens with one attached hydrogen (secondary N) is 2. The topological polar surface area (TPSA) is 44.4 Å². The van der Waals surface area contributed by atoms with Gasteiger partial charge < -0.3 is 10.6 Å². The molecule has 0 spiro atoms. The van der Waals surface area contributed by atoms with Crippen LogP contribution in [0.1, 0.15) is 50.2 Å². The second kappa shape index (κ2) is 8.95. The molecule has 2 aromatic carbocycles. The fraction of sp³-hybridized carbons (Fsp3) is 0.458. The van der Waals surface area contributed by atoms with E-state index >= 15 is 0 Å². The SMILES string of the molecule is CCc1ccccc1NC(=O)NC1CC2CCCC(C1)N2Cc1ccc(F)cc1. The molecule has 2 amide bonds. The molecule has 2 atom stereocenters. The highest BCUT2D eigenvalue weighted by atomic mass is 19.1. The lowest BCUT2D eigenvalue weighted by Crippen LogP contribution is -2.56. The smallest absolute Gasteiger partial charge is 0.319 e. The molecule has 2 aliphatic rings. The highest BCUT2D eigenvalue weighted by Crippen LogP contribution is 2.35. The minimum Gasteiger partial charge on any atom is -0.335 e.